The largest absolute Gasteiger partial charge is 0.487 e. The van der Waals surface area contributed by atoms with E-state index in [1.54, 1.807) is 36.5 Å². The van der Waals surface area contributed by atoms with Gasteiger partial charge in [-0.05, 0) is 35.9 Å². The molecule has 2 aromatic rings. The van der Waals surface area contributed by atoms with Crippen molar-refractivity contribution < 1.29 is 14.3 Å². The smallest absolute Gasteiger partial charge is 0.326 e. The van der Waals surface area contributed by atoms with E-state index in [1.165, 1.54) is 0 Å². The Morgan fingerprint density at radius 2 is 1.86 bits per heavy atom. The molecule has 0 aliphatic carbocycles. The Bertz CT molecular complexity index is 724. The van der Waals surface area contributed by atoms with Crippen LogP contribution in [0, 0.1) is 0 Å². The Balaban J connectivity index is 1.64. The summed E-state index contributed by atoms with van der Waals surface area (Å²) in [6.07, 6.45) is 3.32. The molecule has 3 amide bonds. The number of rotatable bonds is 4. The molecule has 22 heavy (non-hydrogen) atoms. The predicted octanol–water partition coefficient (Wildman–Crippen LogP) is 1.84. The first-order valence-corrected chi connectivity index (χ1v) is 6.67. The van der Waals surface area contributed by atoms with Crippen molar-refractivity contribution in [1.29, 1.82) is 0 Å². The molecule has 2 N–H and O–H groups in total. The lowest BCUT2D eigenvalue weighted by Gasteiger charge is -2.05. The highest BCUT2D eigenvalue weighted by molar-refractivity contribution is 6.13. The molecule has 1 fully saturated rings. The van der Waals surface area contributed by atoms with Gasteiger partial charge in [-0.3, -0.25) is 15.1 Å². The molecule has 0 atom stereocenters. The van der Waals surface area contributed by atoms with Crippen LogP contribution >= 0.6 is 0 Å². The van der Waals surface area contributed by atoms with Gasteiger partial charge in [0.2, 0.25) is 0 Å². The summed E-state index contributed by atoms with van der Waals surface area (Å²) in [6, 6.07) is 12.3. The van der Waals surface area contributed by atoms with Crippen LogP contribution in [0.15, 0.2) is 54.4 Å². The van der Waals surface area contributed by atoms with Crippen LogP contribution in [0.4, 0.5) is 4.79 Å². The number of urea groups is 1. The normalized spacial score (nSPS) is 15.5. The number of carbonyl (C=O) groups excluding carboxylic acids is 2. The Labute approximate surface area is 126 Å². The molecule has 3 rings (SSSR count). The van der Waals surface area contributed by atoms with Gasteiger partial charge in [0.05, 0.1) is 5.69 Å². The lowest BCUT2D eigenvalue weighted by Crippen LogP contribution is -2.22. The van der Waals surface area contributed by atoms with Gasteiger partial charge in [0, 0.05) is 6.20 Å². The highest BCUT2D eigenvalue weighted by Gasteiger charge is 2.22. The maximum atomic E-state index is 11.4. The number of ether oxygens (including phenoxy) is 1. The van der Waals surface area contributed by atoms with Gasteiger partial charge in [0.15, 0.2) is 0 Å². The van der Waals surface area contributed by atoms with Crippen LogP contribution in [0.25, 0.3) is 6.08 Å². The van der Waals surface area contributed by atoms with Crippen LogP contribution in [0.3, 0.4) is 0 Å². The number of aromatic nitrogens is 1. The fourth-order valence-electron chi connectivity index (χ4n) is 1.95. The van der Waals surface area contributed by atoms with E-state index < -0.39 is 11.9 Å². The molecule has 2 heterocycles. The van der Waals surface area contributed by atoms with E-state index in [1.807, 2.05) is 18.2 Å². The molecule has 1 aliphatic heterocycles. The third-order valence-electron chi connectivity index (χ3n) is 3.02. The molecule has 6 heteroatoms. The average molecular weight is 295 g/mol. The fourth-order valence-corrected chi connectivity index (χ4v) is 1.95. The summed E-state index contributed by atoms with van der Waals surface area (Å²) < 4.78 is 5.62. The summed E-state index contributed by atoms with van der Waals surface area (Å²) in [7, 11) is 0. The Kier molecular flexibility index (Phi) is 3.82. The van der Waals surface area contributed by atoms with Crippen molar-refractivity contribution >= 4 is 18.0 Å². The van der Waals surface area contributed by atoms with Gasteiger partial charge in [-0.25, -0.2) is 4.79 Å². The van der Waals surface area contributed by atoms with Crippen molar-refractivity contribution in [2.45, 2.75) is 6.61 Å². The van der Waals surface area contributed by atoms with E-state index >= 15 is 0 Å². The zero-order valence-corrected chi connectivity index (χ0v) is 11.6. The lowest BCUT2D eigenvalue weighted by molar-refractivity contribution is -0.115. The van der Waals surface area contributed by atoms with E-state index in [-0.39, 0.29) is 5.70 Å². The van der Waals surface area contributed by atoms with Gasteiger partial charge in [0.25, 0.3) is 5.91 Å². The van der Waals surface area contributed by atoms with E-state index in [4.69, 9.17) is 4.74 Å². The maximum Gasteiger partial charge on any atom is 0.326 e. The number of amides is 3. The zero-order valence-electron chi connectivity index (χ0n) is 11.6. The number of carbonyl (C=O) groups is 2. The number of pyridine rings is 1. The van der Waals surface area contributed by atoms with E-state index in [9.17, 15) is 9.59 Å². The second-order valence-electron chi connectivity index (χ2n) is 4.65. The molecule has 110 valence electrons. The summed E-state index contributed by atoms with van der Waals surface area (Å²) in [5.74, 6) is 0.271. The summed E-state index contributed by atoms with van der Waals surface area (Å²) in [5.41, 5.74) is 1.86. The zero-order chi connectivity index (χ0) is 15.4. The predicted molar refractivity (Wildman–Crippen MR) is 79.7 cm³/mol. The van der Waals surface area contributed by atoms with Crippen molar-refractivity contribution in [3.8, 4) is 5.75 Å². The van der Waals surface area contributed by atoms with E-state index in [2.05, 4.69) is 15.6 Å². The van der Waals surface area contributed by atoms with Crippen molar-refractivity contribution in [3.63, 3.8) is 0 Å². The van der Waals surface area contributed by atoms with E-state index in [0.717, 1.165) is 11.3 Å². The number of nitrogens with one attached hydrogen (secondary N) is 2. The monoisotopic (exact) mass is 295 g/mol. The summed E-state index contributed by atoms with van der Waals surface area (Å²) >= 11 is 0. The van der Waals surface area contributed by atoms with E-state index in [0.29, 0.717) is 12.4 Å². The first-order valence-electron chi connectivity index (χ1n) is 6.67. The first kappa shape index (κ1) is 13.8. The van der Waals surface area contributed by atoms with Crippen LogP contribution in [0.2, 0.25) is 0 Å². The molecule has 1 aromatic heterocycles. The van der Waals surface area contributed by atoms with Gasteiger partial charge in [-0.15, -0.1) is 0 Å². The molecule has 0 saturated carbocycles. The minimum absolute atomic E-state index is 0.229. The molecule has 1 saturated heterocycles. The lowest BCUT2D eigenvalue weighted by atomic mass is 10.2. The number of benzene rings is 1. The Morgan fingerprint density at radius 1 is 1.05 bits per heavy atom. The van der Waals surface area contributed by atoms with Crippen LogP contribution in [0.5, 0.6) is 5.75 Å². The molecule has 1 aliphatic rings. The molecule has 0 spiro atoms. The molecule has 0 unspecified atom stereocenters. The molecule has 6 nitrogen and oxygen atoms in total. The second-order valence-corrected chi connectivity index (χ2v) is 4.65. The SMILES string of the molecule is O=C1NC(=O)/C(=C\c2ccc(OCc3ccccn3)cc2)N1. The highest BCUT2D eigenvalue weighted by atomic mass is 16.5. The Hall–Kier alpha value is -3.15. The second kappa shape index (κ2) is 6.09. The summed E-state index contributed by atoms with van der Waals surface area (Å²) in [6.45, 7) is 0.389. The van der Waals surface area contributed by atoms with Crippen molar-refractivity contribution in [2.75, 3.05) is 0 Å². The molecular formula is C16H13N3O3. The van der Waals surface area contributed by atoms with Crippen LogP contribution < -0.4 is 15.4 Å². The van der Waals surface area contributed by atoms with Crippen molar-refractivity contribution in [3.05, 3.63) is 65.6 Å². The van der Waals surface area contributed by atoms with Crippen molar-refractivity contribution in [1.82, 2.24) is 15.6 Å². The molecule has 0 radical (unpaired) electrons. The number of hydrogen-bond donors (Lipinski definition) is 2. The van der Waals surface area contributed by atoms with Gasteiger partial charge >= 0.3 is 6.03 Å². The quantitative estimate of drug-likeness (QED) is 0.666. The maximum absolute atomic E-state index is 11.4. The van der Waals surface area contributed by atoms with Gasteiger partial charge in [0.1, 0.15) is 18.1 Å². The standard InChI is InChI=1S/C16H13N3O3/c20-15-14(18-16(21)19-15)9-11-4-6-13(7-5-11)22-10-12-3-1-2-8-17-12/h1-9H,10H2,(H2,18,19,20,21)/b14-9+. The molecule has 1 aromatic carbocycles. The first-order chi connectivity index (χ1) is 10.7. The van der Waals surface area contributed by atoms with Gasteiger partial charge in [-0.2, -0.15) is 0 Å². The summed E-state index contributed by atoms with van der Waals surface area (Å²) in [4.78, 5) is 26.6. The number of hydrogen-bond acceptors (Lipinski definition) is 4. The van der Waals surface area contributed by atoms with Crippen molar-refractivity contribution in [2.24, 2.45) is 0 Å². The number of imide groups is 1. The molecule has 0 bridgehead atoms. The topological polar surface area (TPSA) is 80.3 Å². The third kappa shape index (κ3) is 3.29. The van der Waals surface area contributed by atoms with Gasteiger partial charge in [-0.1, -0.05) is 18.2 Å². The Morgan fingerprint density at radius 3 is 2.50 bits per heavy atom. The fraction of sp³-hybridized carbons (Fsp3) is 0.0625. The minimum atomic E-state index is -0.508. The third-order valence-corrected chi connectivity index (χ3v) is 3.02. The summed E-state index contributed by atoms with van der Waals surface area (Å²) in [5, 5.41) is 4.58. The minimum Gasteiger partial charge on any atom is -0.487 e. The van der Waals surface area contributed by atoms with Gasteiger partial charge < -0.3 is 10.1 Å². The van der Waals surface area contributed by atoms with Crippen LogP contribution in [-0.2, 0) is 11.4 Å². The average Bonchev–Trinajstić information content (AvgIpc) is 2.85. The van der Waals surface area contributed by atoms with Crippen LogP contribution in [0.1, 0.15) is 11.3 Å². The van der Waals surface area contributed by atoms with Crippen LogP contribution in [-0.4, -0.2) is 16.9 Å². The molecular weight excluding hydrogens is 282 g/mol. The highest BCUT2D eigenvalue weighted by Crippen LogP contribution is 2.16. The number of nitrogens with zero attached hydrogens (tertiary/aromatic N) is 1.